The maximum Gasteiger partial charge on any atom is 0.337 e. The molecule has 0 aromatic carbocycles. The number of hydrogen-bond donors (Lipinski definition) is 2. The predicted molar refractivity (Wildman–Crippen MR) is 105 cm³/mol. The van der Waals surface area contributed by atoms with Crippen LogP contribution in [0.2, 0.25) is 0 Å². The lowest BCUT2D eigenvalue weighted by atomic mass is 9.86. The van der Waals surface area contributed by atoms with Crippen LogP contribution in [-0.2, 0) is 4.79 Å². The Morgan fingerprint density at radius 2 is 2.12 bits per heavy atom. The van der Waals surface area contributed by atoms with E-state index in [1.165, 1.54) is 11.3 Å². The molecule has 0 spiro atoms. The Hall–Kier alpha value is -1.54. The van der Waals surface area contributed by atoms with E-state index >= 15 is 0 Å². The maximum absolute atomic E-state index is 12.9. The van der Waals surface area contributed by atoms with Crippen molar-refractivity contribution in [2.75, 3.05) is 6.54 Å². The fraction of sp³-hybridized carbons (Fsp3) is 0.611. The van der Waals surface area contributed by atoms with Crippen LogP contribution in [0, 0.1) is 5.92 Å². The van der Waals surface area contributed by atoms with Gasteiger partial charge >= 0.3 is 12.0 Å². The largest absolute Gasteiger partial charge is 0.479 e. The molecule has 1 atom stereocenters. The van der Waals surface area contributed by atoms with Crippen molar-refractivity contribution in [3.8, 4) is 0 Å². The standard InChI is InChI=1S/C18H27N3O3S2/c1-12(2)8-9-21(14-6-4-13(3)5-7-14)18(24)20-16(17(22)23)26-15-10-19-11-25-15/h8,10-11,13-14,16H,4-7,9H2,1-3H3,(H,20,24)(H,22,23). The number of carboxylic acid groups (broad SMARTS) is 1. The third-order valence-corrected chi connectivity index (χ3v) is 6.54. The highest BCUT2D eigenvalue weighted by molar-refractivity contribution is 8.02. The van der Waals surface area contributed by atoms with Gasteiger partial charge in [0.15, 0.2) is 5.37 Å². The van der Waals surface area contributed by atoms with Gasteiger partial charge in [0.1, 0.15) is 0 Å². The quantitative estimate of drug-likeness (QED) is 0.409. The van der Waals surface area contributed by atoms with Crippen LogP contribution in [0.3, 0.4) is 0 Å². The molecule has 0 bridgehead atoms. The molecular weight excluding hydrogens is 370 g/mol. The highest BCUT2D eigenvalue weighted by Crippen LogP contribution is 2.29. The predicted octanol–water partition coefficient (Wildman–Crippen LogP) is 4.20. The number of allylic oxidation sites excluding steroid dienone is 1. The molecule has 1 aliphatic carbocycles. The molecule has 1 unspecified atom stereocenters. The molecule has 1 heterocycles. The first-order valence-electron chi connectivity index (χ1n) is 8.85. The highest BCUT2D eigenvalue weighted by Gasteiger charge is 2.30. The minimum Gasteiger partial charge on any atom is -0.479 e. The van der Waals surface area contributed by atoms with Gasteiger partial charge in [0.05, 0.1) is 15.9 Å². The zero-order chi connectivity index (χ0) is 19.1. The zero-order valence-corrected chi connectivity index (χ0v) is 17.1. The minimum absolute atomic E-state index is 0.157. The van der Waals surface area contributed by atoms with Gasteiger partial charge in [-0.3, -0.25) is 4.98 Å². The molecule has 0 radical (unpaired) electrons. The zero-order valence-electron chi connectivity index (χ0n) is 15.5. The molecule has 26 heavy (non-hydrogen) atoms. The second-order valence-corrected chi connectivity index (χ2v) is 9.25. The number of carbonyl (C=O) groups is 2. The number of urea groups is 1. The molecule has 6 nitrogen and oxygen atoms in total. The van der Waals surface area contributed by atoms with Gasteiger partial charge in [-0.15, -0.1) is 11.3 Å². The van der Waals surface area contributed by atoms with Gasteiger partial charge in [-0.05, 0) is 45.4 Å². The molecule has 0 saturated heterocycles. The molecule has 1 fully saturated rings. The lowest BCUT2D eigenvalue weighted by Crippen LogP contribution is -2.51. The van der Waals surface area contributed by atoms with E-state index in [2.05, 4.69) is 17.2 Å². The van der Waals surface area contributed by atoms with E-state index in [9.17, 15) is 14.7 Å². The molecule has 0 aliphatic heterocycles. The van der Waals surface area contributed by atoms with Gasteiger partial charge < -0.3 is 15.3 Å². The number of thiazole rings is 1. The maximum atomic E-state index is 12.9. The average molecular weight is 398 g/mol. The van der Waals surface area contributed by atoms with Crippen molar-refractivity contribution in [3.05, 3.63) is 23.4 Å². The highest BCUT2D eigenvalue weighted by atomic mass is 32.2. The lowest BCUT2D eigenvalue weighted by Gasteiger charge is -2.36. The first-order valence-corrected chi connectivity index (χ1v) is 10.6. The van der Waals surface area contributed by atoms with E-state index < -0.39 is 11.3 Å². The number of aromatic nitrogens is 1. The normalized spacial score (nSPS) is 20.9. The smallest absolute Gasteiger partial charge is 0.337 e. The van der Waals surface area contributed by atoms with Gasteiger partial charge in [-0.2, -0.15) is 0 Å². The van der Waals surface area contributed by atoms with Crippen molar-refractivity contribution >= 4 is 35.1 Å². The Labute approximate surface area is 163 Å². The third kappa shape index (κ3) is 6.32. The number of nitrogens with one attached hydrogen (secondary N) is 1. The molecular formula is C18H27N3O3S2. The molecule has 2 amide bonds. The molecule has 1 aromatic heterocycles. The van der Waals surface area contributed by atoms with Gasteiger partial charge in [-0.25, -0.2) is 9.59 Å². The van der Waals surface area contributed by atoms with E-state index in [1.807, 2.05) is 19.9 Å². The van der Waals surface area contributed by atoms with Crippen LogP contribution in [-0.4, -0.2) is 45.0 Å². The Balaban J connectivity index is 2.07. The summed E-state index contributed by atoms with van der Waals surface area (Å²) in [4.78, 5) is 30.2. The van der Waals surface area contributed by atoms with Crippen LogP contribution in [0.4, 0.5) is 4.79 Å². The van der Waals surface area contributed by atoms with Crippen LogP contribution < -0.4 is 5.32 Å². The van der Waals surface area contributed by atoms with E-state index in [0.29, 0.717) is 12.5 Å². The number of rotatable bonds is 7. The molecule has 8 heteroatoms. The summed E-state index contributed by atoms with van der Waals surface area (Å²) in [6.07, 6.45) is 7.75. The number of amides is 2. The fourth-order valence-electron chi connectivity index (χ4n) is 2.95. The van der Waals surface area contributed by atoms with Crippen LogP contribution in [0.25, 0.3) is 0 Å². The number of carbonyl (C=O) groups excluding carboxylic acids is 1. The molecule has 1 aliphatic rings. The van der Waals surface area contributed by atoms with Crippen LogP contribution in [0.1, 0.15) is 46.5 Å². The molecule has 1 aromatic rings. The van der Waals surface area contributed by atoms with Gasteiger partial charge in [0.2, 0.25) is 0 Å². The third-order valence-electron chi connectivity index (χ3n) is 4.51. The second kappa shape index (κ2) is 9.97. The van der Waals surface area contributed by atoms with Crippen molar-refractivity contribution in [1.82, 2.24) is 15.2 Å². The van der Waals surface area contributed by atoms with Crippen LogP contribution >= 0.6 is 23.1 Å². The van der Waals surface area contributed by atoms with Crippen molar-refractivity contribution in [3.63, 3.8) is 0 Å². The monoisotopic (exact) mass is 397 g/mol. The van der Waals surface area contributed by atoms with Crippen molar-refractivity contribution in [2.45, 2.75) is 62.1 Å². The fourth-order valence-corrected chi connectivity index (χ4v) is 4.55. The summed E-state index contributed by atoms with van der Waals surface area (Å²) >= 11 is 2.46. The average Bonchev–Trinajstić information content (AvgIpc) is 3.08. The molecule has 144 valence electrons. The summed E-state index contributed by atoms with van der Waals surface area (Å²) in [7, 11) is 0. The van der Waals surface area contributed by atoms with E-state index in [4.69, 9.17) is 0 Å². The van der Waals surface area contributed by atoms with E-state index in [-0.39, 0.29) is 12.1 Å². The van der Waals surface area contributed by atoms with Crippen LogP contribution in [0.5, 0.6) is 0 Å². The van der Waals surface area contributed by atoms with Crippen molar-refractivity contribution < 1.29 is 14.7 Å². The van der Waals surface area contributed by atoms with Crippen molar-refractivity contribution in [1.29, 1.82) is 0 Å². The van der Waals surface area contributed by atoms with Gasteiger partial charge in [0.25, 0.3) is 0 Å². The van der Waals surface area contributed by atoms with Gasteiger partial charge in [0, 0.05) is 12.6 Å². The summed E-state index contributed by atoms with van der Waals surface area (Å²) in [5.41, 5.74) is 2.79. The SMILES string of the molecule is CC(C)=CCN(C(=O)NC(Sc1cncs1)C(=O)O)C1CCC(C)CC1. The molecule has 2 rings (SSSR count). The van der Waals surface area contributed by atoms with Gasteiger partial charge in [-0.1, -0.05) is 30.3 Å². The Morgan fingerprint density at radius 3 is 2.65 bits per heavy atom. The topological polar surface area (TPSA) is 82.5 Å². The molecule has 1 saturated carbocycles. The summed E-state index contributed by atoms with van der Waals surface area (Å²) < 4.78 is 0.764. The summed E-state index contributed by atoms with van der Waals surface area (Å²) in [6, 6.07) is -0.156. The first-order chi connectivity index (χ1) is 12.4. The summed E-state index contributed by atoms with van der Waals surface area (Å²) in [6.45, 7) is 6.74. The Bertz CT molecular complexity index is 622. The van der Waals surface area contributed by atoms with Crippen molar-refractivity contribution in [2.24, 2.45) is 5.92 Å². The minimum atomic E-state index is -1.06. The number of nitrogens with zero attached hydrogens (tertiary/aromatic N) is 2. The number of hydrogen-bond acceptors (Lipinski definition) is 5. The van der Waals surface area contributed by atoms with E-state index in [1.54, 1.807) is 16.6 Å². The Kier molecular flexibility index (Phi) is 7.96. The summed E-state index contributed by atoms with van der Waals surface area (Å²) in [5, 5.41) is 11.1. The number of aliphatic carboxylic acids is 1. The number of carboxylic acids is 1. The lowest BCUT2D eigenvalue weighted by molar-refractivity contribution is -0.136. The number of thioether (sulfide) groups is 1. The summed E-state index contributed by atoms with van der Waals surface area (Å²) in [5.74, 6) is -0.371. The first kappa shape index (κ1) is 20.8. The Morgan fingerprint density at radius 1 is 1.42 bits per heavy atom. The van der Waals surface area contributed by atoms with Crippen LogP contribution in [0.15, 0.2) is 27.6 Å². The van der Waals surface area contributed by atoms with E-state index in [0.717, 1.165) is 47.2 Å². The second-order valence-electron chi connectivity index (χ2n) is 6.95. The molecule has 2 N–H and O–H groups in total.